The molecule has 0 bridgehead atoms. The van der Waals surface area contributed by atoms with E-state index in [9.17, 15) is 5.11 Å². The maximum absolute atomic E-state index is 10.2. The van der Waals surface area contributed by atoms with E-state index >= 15 is 0 Å². The van der Waals surface area contributed by atoms with Crippen LogP contribution >= 0.6 is 0 Å². The molecule has 2 aromatic heterocycles. The third-order valence-corrected chi connectivity index (χ3v) is 3.71. The molecule has 0 radical (unpaired) electrons. The Bertz CT molecular complexity index is 592. The van der Waals surface area contributed by atoms with Gasteiger partial charge in [0.15, 0.2) is 5.65 Å². The Balaban J connectivity index is 1.81. The minimum Gasteiger partial charge on any atom is -0.388 e. The van der Waals surface area contributed by atoms with Crippen LogP contribution in [-0.2, 0) is 0 Å². The Kier molecular flexibility index (Phi) is 3.43. The fourth-order valence-corrected chi connectivity index (χ4v) is 2.30. The van der Waals surface area contributed by atoms with E-state index < -0.39 is 5.60 Å². The van der Waals surface area contributed by atoms with Crippen molar-refractivity contribution in [2.45, 2.75) is 38.2 Å². The van der Waals surface area contributed by atoms with Crippen LogP contribution in [0, 0.1) is 0 Å². The first kappa shape index (κ1) is 13.1. The van der Waals surface area contributed by atoms with Crippen molar-refractivity contribution in [1.29, 1.82) is 0 Å². The summed E-state index contributed by atoms with van der Waals surface area (Å²) in [6.45, 7) is 3.42. The van der Waals surface area contributed by atoms with Gasteiger partial charge in [-0.15, -0.1) is 0 Å². The number of nitrogens with one attached hydrogen (secondary N) is 3. The van der Waals surface area contributed by atoms with Crippen LogP contribution in [0.25, 0.3) is 11.0 Å². The number of H-pyrrole nitrogens is 1. The largest absolute Gasteiger partial charge is 0.388 e. The molecule has 7 nitrogen and oxygen atoms in total. The molecule has 1 fully saturated rings. The van der Waals surface area contributed by atoms with Crippen molar-refractivity contribution in [3.05, 3.63) is 6.20 Å². The second kappa shape index (κ2) is 5.24. The lowest BCUT2D eigenvalue weighted by atomic mass is 9.80. The molecule has 0 atom stereocenters. The van der Waals surface area contributed by atoms with Crippen LogP contribution in [0.5, 0.6) is 0 Å². The Labute approximate surface area is 117 Å². The number of fused-ring (bicyclic) bond motifs is 1. The zero-order chi connectivity index (χ0) is 14.0. The standard InChI is InChI=1S/C13H20N6O/c1-2-6-14-12-17-10(9-7-16-19-11(9)18-12)15-8-13(20)4-3-5-13/h7,20H,2-6,8H2,1H3,(H3,14,15,16,17,18,19). The van der Waals surface area contributed by atoms with Crippen molar-refractivity contribution < 1.29 is 5.11 Å². The highest BCUT2D eigenvalue weighted by Gasteiger charge is 2.34. The third kappa shape index (κ3) is 2.53. The molecule has 4 N–H and O–H groups in total. The molecule has 1 aliphatic rings. The number of nitrogens with zero attached hydrogens (tertiary/aromatic N) is 3. The minimum absolute atomic E-state index is 0.511. The van der Waals surface area contributed by atoms with Crippen LogP contribution in [0.15, 0.2) is 6.20 Å². The zero-order valence-corrected chi connectivity index (χ0v) is 11.6. The highest BCUT2D eigenvalue weighted by atomic mass is 16.3. The predicted octanol–water partition coefficient (Wildman–Crippen LogP) is 1.50. The van der Waals surface area contributed by atoms with Crippen molar-refractivity contribution in [1.82, 2.24) is 20.2 Å². The van der Waals surface area contributed by atoms with Crippen molar-refractivity contribution in [2.24, 2.45) is 0 Å². The highest BCUT2D eigenvalue weighted by Crippen LogP contribution is 2.32. The summed E-state index contributed by atoms with van der Waals surface area (Å²) in [4.78, 5) is 8.84. The van der Waals surface area contributed by atoms with Gasteiger partial charge >= 0.3 is 0 Å². The summed E-state index contributed by atoms with van der Waals surface area (Å²) in [6.07, 6.45) is 5.49. The first-order valence-corrected chi connectivity index (χ1v) is 7.11. The number of aromatic nitrogens is 4. The predicted molar refractivity (Wildman–Crippen MR) is 77.8 cm³/mol. The average Bonchev–Trinajstić information content (AvgIpc) is 2.88. The number of anilines is 2. The van der Waals surface area contributed by atoms with Crippen LogP contribution in [0.1, 0.15) is 32.6 Å². The molecule has 1 saturated carbocycles. The van der Waals surface area contributed by atoms with Crippen molar-refractivity contribution in [2.75, 3.05) is 23.7 Å². The maximum Gasteiger partial charge on any atom is 0.226 e. The number of hydrogen-bond donors (Lipinski definition) is 4. The normalized spacial score (nSPS) is 16.9. The van der Waals surface area contributed by atoms with Crippen LogP contribution in [0.4, 0.5) is 11.8 Å². The molecule has 7 heteroatoms. The van der Waals surface area contributed by atoms with Gasteiger partial charge in [0, 0.05) is 13.1 Å². The first-order valence-electron chi connectivity index (χ1n) is 7.11. The Morgan fingerprint density at radius 2 is 2.20 bits per heavy atom. The summed E-state index contributed by atoms with van der Waals surface area (Å²) in [7, 11) is 0. The summed E-state index contributed by atoms with van der Waals surface area (Å²) in [5.41, 5.74) is 0.111. The zero-order valence-electron chi connectivity index (χ0n) is 11.6. The van der Waals surface area contributed by atoms with Gasteiger partial charge in [0.2, 0.25) is 5.95 Å². The van der Waals surface area contributed by atoms with Gasteiger partial charge in [0.25, 0.3) is 0 Å². The van der Waals surface area contributed by atoms with E-state index in [4.69, 9.17) is 0 Å². The number of hydrogen-bond acceptors (Lipinski definition) is 6. The molecule has 0 unspecified atom stereocenters. The van der Waals surface area contributed by atoms with Gasteiger partial charge in [0.05, 0.1) is 17.2 Å². The van der Waals surface area contributed by atoms with E-state index in [1.165, 1.54) is 0 Å². The summed E-state index contributed by atoms with van der Waals surface area (Å²) < 4.78 is 0. The lowest BCUT2D eigenvalue weighted by molar-refractivity contribution is -0.0202. The maximum atomic E-state index is 10.2. The molecule has 0 aliphatic heterocycles. The van der Waals surface area contributed by atoms with Gasteiger partial charge in [0.1, 0.15) is 5.82 Å². The smallest absolute Gasteiger partial charge is 0.226 e. The Morgan fingerprint density at radius 3 is 2.90 bits per heavy atom. The second-order valence-corrected chi connectivity index (χ2v) is 5.39. The number of rotatable bonds is 6. The molecule has 2 aromatic rings. The molecule has 0 saturated heterocycles. The Hall–Kier alpha value is -1.89. The monoisotopic (exact) mass is 276 g/mol. The first-order chi connectivity index (χ1) is 9.70. The van der Waals surface area contributed by atoms with Crippen LogP contribution in [0.3, 0.4) is 0 Å². The van der Waals surface area contributed by atoms with Crippen LogP contribution < -0.4 is 10.6 Å². The Morgan fingerprint density at radius 1 is 1.35 bits per heavy atom. The molecular formula is C13H20N6O. The summed E-state index contributed by atoms with van der Waals surface area (Å²) in [5, 5.41) is 24.3. The third-order valence-electron chi connectivity index (χ3n) is 3.71. The van der Waals surface area contributed by atoms with Gasteiger partial charge in [-0.3, -0.25) is 5.10 Å². The lowest BCUT2D eigenvalue weighted by Crippen LogP contribution is -2.43. The molecule has 0 amide bonds. The number of aromatic amines is 1. The topological polar surface area (TPSA) is 98.8 Å². The summed E-state index contributed by atoms with van der Waals surface area (Å²) in [6, 6.07) is 0. The molecule has 108 valence electrons. The fraction of sp³-hybridized carbons (Fsp3) is 0.615. The van der Waals surface area contributed by atoms with Crippen molar-refractivity contribution >= 4 is 22.8 Å². The molecule has 2 heterocycles. The van der Waals surface area contributed by atoms with E-state index in [1.807, 2.05) is 0 Å². The van der Waals surface area contributed by atoms with Gasteiger partial charge < -0.3 is 15.7 Å². The molecular weight excluding hydrogens is 256 g/mol. The van der Waals surface area contributed by atoms with E-state index in [0.29, 0.717) is 24.0 Å². The van der Waals surface area contributed by atoms with Crippen LogP contribution in [0.2, 0.25) is 0 Å². The van der Waals surface area contributed by atoms with Gasteiger partial charge in [-0.1, -0.05) is 6.92 Å². The molecule has 0 aromatic carbocycles. The fourth-order valence-electron chi connectivity index (χ4n) is 2.30. The highest BCUT2D eigenvalue weighted by molar-refractivity contribution is 5.86. The number of aliphatic hydroxyl groups is 1. The quantitative estimate of drug-likeness (QED) is 0.638. The van der Waals surface area contributed by atoms with Gasteiger partial charge in [-0.2, -0.15) is 15.1 Å². The van der Waals surface area contributed by atoms with Gasteiger partial charge in [-0.25, -0.2) is 0 Å². The molecule has 3 rings (SSSR count). The van der Waals surface area contributed by atoms with E-state index in [2.05, 4.69) is 37.7 Å². The van der Waals surface area contributed by atoms with Crippen molar-refractivity contribution in [3.8, 4) is 0 Å². The second-order valence-electron chi connectivity index (χ2n) is 5.39. The van der Waals surface area contributed by atoms with Gasteiger partial charge in [-0.05, 0) is 25.7 Å². The summed E-state index contributed by atoms with van der Waals surface area (Å²) in [5.74, 6) is 1.29. The molecule has 1 aliphatic carbocycles. The van der Waals surface area contributed by atoms with E-state index in [0.717, 1.165) is 37.6 Å². The summed E-state index contributed by atoms with van der Waals surface area (Å²) >= 11 is 0. The molecule has 20 heavy (non-hydrogen) atoms. The molecule has 0 spiro atoms. The van der Waals surface area contributed by atoms with Crippen molar-refractivity contribution in [3.63, 3.8) is 0 Å². The lowest BCUT2D eigenvalue weighted by Gasteiger charge is -2.36. The van der Waals surface area contributed by atoms with E-state index in [1.54, 1.807) is 6.20 Å². The minimum atomic E-state index is -0.585. The SMILES string of the molecule is CCCNc1nc(NCC2(O)CCC2)c2cn[nH]c2n1. The van der Waals surface area contributed by atoms with Crippen LogP contribution in [-0.4, -0.2) is 44.0 Å². The van der Waals surface area contributed by atoms with E-state index in [-0.39, 0.29) is 0 Å². The average molecular weight is 276 g/mol.